The van der Waals surface area contributed by atoms with Gasteiger partial charge >= 0.3 is 6.61 Å². The first-order chi connectivity index (χ1) is 10.2. The van der Waals surface area contributed by atoms with E-state index >= 15 is 0 Å². The average molecular weight is 292 g/mol. The molecule has 1 fully saturated rings. The smallest absolute Gasteiger partial charge is 0.387 e. The van der Waals surface area contributed by atoms with Crippen LogP contribution in [0.3, 0.4) is 0 Å². The fraction of sp³-hybridized carbons (Fsp3) is 0.438. The molecule has 3 nitrogen and oxygen atoms in total. The van der Waals surface area contributed by atoms with Crippen LogP contribution in [0.1, 0.15) is 37.8 Å². The summed E-state index contributed by atoms with van der Waals surface area (Å²) in [6.07, 6.45) is 3.23. The van der Waals surface area contributed by atoms with Gasteiger partial charge in [0.25, 0.3) is 0 Å². The maximum atomic E-state index is 12.6. The molecule has 2 aromatic rings. The minimum Gasteiger partial charge on any atom is -0.432 e. The largest absolute Gasteiger partial charge is 0.432 e. The van der Waals surface area contributed by atoms with Gasteiger partial charge in [-0.2, -0.15) is 8.78 Å². The Morgan fingerprint density at radius 3 is 2.86 bits per heavy atom. The molecule has 1 aromatic carbocycles. The molecule has 0 radical (unpaired) electrons. The lowest BCUT2D eigenvalue weighted by Gasteiger charge is -2.14. The van der Waals surface area contributed by atoms with Crippen LogP contribution in [0.15, 0.2) is 24.3 Å². The maximum Gasteiger partial charge on any atom is 0.387 e. The van der Waals surface area contributed by atoms with Gasteiger partial charge in [-0.25, -0.2) is 4.98 Å². The van der Waals surface area contributed by atoms with E-state index in [4.69, 9.17) is 0 Å². The standard InChI is InChI=1S/C16H18F2N2O/c1-2-8-19-13-9-12(10-6-7-10)20-15-11(13)4-3-5-14(15)21-16(17)18/h3-5,9-10,16H,2,6-8H2,1H3,(H,19,20). The molecule has 1 heterocycles. The van der Waals surface area contributed by atoms with E-state index in [-0.39, 0.29) is 5.75 Å². The highest BCUT2D eigenvalue weighted by molar-refractivity contribution is 5.95. The maximum absolute atomic E-state index is 12.6. The summed E-state index contributed by atoms with van der Waals surface area (Å²) in [7, 11) is 0. The highest BCUT2D eigenvalue weighted by Crippen LogP contribution is 2.42. The quantitative estimate of drug-likeness (QED) is 0.849. The van der Waals surface area contributed by atoms with Crippen molar-refractivity contribution in [3.63, 3.8) is 0 Å². The number of nitrogens with one attached hydrogen (secondary N) is 1. The summed E-state index contributed by atoms with van der Waals surface area (Å²) in [5.74, 6) is 0.598. The summed E-state index contributed by atoms with van der Waals surface area (Å²) < 4.78 is 29.7. The zero-order chi connectivity index (χ0) is 14.8. The lowest BCUT2D eigenvalue weighted by molar-refractivity contribution is -0.0489. The third-order valence-corrected chi connectivity index (χ3v) is 3.60. The molecular formula is C16H18F2N2O. The van der Waals surface area contributed by atoms with Gasteiger partial charge in [0.05, 0.1) is 0 Å². The van der Waals surface area contributed by atoms with Crippen LogP contribution in [0.25, 0.3) is 10.9 Å². The Balaban J connectivity index is 2.10. The van der Waals surface area contributed by atoms with Crippen molar-refractivity contribution >= 4 is 16.6 Å². The summed E-state index contributed by atoms with van der Waals surface area (Å²) in [4.78, 5) is 4.56. The van der Waals surface area contributed by atoms with Crippen LogP contribution in [-0.4, -0.2) is 18.1 Å². The summed E-state index contributed by atoms with van der Waals surface area (Å²) in [6, 6.07) is 7.19. The van der Waals surface area contributed by atoms with Gasteiger partial charge in [0, 0.05) is 29.2 Å². The van der Waals surface area contributed by atoms with Crippen LogP contribution in [0.4, 0.5) is 14.5 Å². The number of aromatic nitrogens is 1. The predicted octanol–water partition coefficient (Wildman–Crippen LogP) is 4.54. The van der Waals surface area contributed by atoms with Gasteiger partial charge in [-0.05, 0) is 31.4 Å². The minimum absolute atomic E-state index is 0.143. The molecule has 0 unspecified atom stereocenters. The van der Waals surface area contributed by atoms with Gasteiger partial charge in [-0.15, -0.1) is 0 Å². The van der Waals surface area contributed by atoms with E-state index in [0.717, 1.165) is 42.6 Å². The van der Waals surface area contributed by atoms with E-state index in [2.05, 4.69) is 22.0 Å². The molecule has 5 heteroatoms. The van der Waals surface area contributed by atoms with Crippen LogP contribution < -0.4 is 10.1 Å². The number of alkyl halides is 2. The second kappa shape index (κ2) is 5.84. The SMILES string of the molecule is CCCNc1cc(C2CC2)nc2c(OC(F)F)cccc12. The van der Waals surface area contributed by atoms with Gasteiger partial charge in [0.1, 0.15) is 5.52 Å². The van der Waals surface area contributed by atoms with Crippen LogP contribution >= 0.6 is 0 Å². The number of hydrogen-bond donors (Lipinski definition) is 1. The number of rotatable bonds is 6. The van der Waals surface area contributed by atoms with Crippen molar-refractivity contribution in [2.75, 3.05) is 11.9 Å². The van der Waals surface area contributed by atoms with E-state index in [1.807, 2.05) is 12.1 Å². The highest BCUT2D eigenvalue weighted by Gasteiger charge is 2.26. The molecule has 1 saturated carbocycles. The number of pyridine rings is 1. The molecule has 1 aromatic heterocycles. The zero-order valence-corrected chi connectivity index (χ0v) is 11.9. The molecule has 0 atom stereocenters. The molecule has 0 bridgehead atoms. The summed E-state index contributed by atoms with van der Waals surface area (Å²) >= 11 is 0. The van der Waals surface area contributed by atoms with E-state index in [1.54, 1.807) is 12.1 Å². The van der Waals surface area contributed by atoms with Crippen molar-refractivity contribution in [3.05, 3.63) is 30.0 Å². The molecule has 0 aliphatic heterocycles. The number of nitrogens with zero attached hydrogens (tertiary/aromatic N) is 1. The van der Waals surface area contributed by atoms with E-state index < -0.39 is 6.61 Å². The Hall–Kier alpha value is -1.91. The number of ether oxygens (including phenoxy) is 1. The topological polar surface area (TPSA) is 34.2 Å². The van der Waals surface area contributed by atoms with Crippen molar-refractivity contribution in [2.24, 2.45) is 0 Å². The summed E-state index contributed by atoms with van der Waals surface area (Å²) in [6.45, 7) is 0.0844. The fourth-order valence-electron chi connectivity index (χ4n) is 2.43. The highest BCUT2D eigenvalue weighted by atomic mass is 19.3. The van der Waals surface area contributed by atoms with E-state index in [9.17, 15) is 8.78 Å². The van der Waals surface area contributed by atoms with Crippen molar-refractivity contribution < 1.29 is 13.5 Å². The van der Waals surface area contributed by atoms with Crippen LogP contribution in [-0.2, 0) is 0 Å². The second-order valence-corrected chi connectivity index (χ2v) is 5.33. The lowest BCUT2D eigenvalue weighted by Crippen LogP contribution is -2.05. The molecule has 0 spiro atoms. The monoisotopic (exact) mass is 292 g/mol. The van der Waals surface area contributed by atoms with Gasteiger partial charge in [0.2, 0.25) is 0 Å². The normalized spacial score (nSPS) is 14.7. The summed E-state index contributed by atoms with van der Waals surface area (Å²) in [5.41, 5.74) is 2.43. The van der Waals surface area contributed by atoms with Crippen LogP contribution in [0, 0.1) is 0 Å². The molecule has 21 heavy (non-hydrogen) atoms. The molecule has 1 aliphatic rings. The van der Waals surface area contributed by atoms with Crippen LogP contribution in [0.5, 0.6) is 5.75 Å². The Morgan fingerprint density at radius 2 is 2.19 bits per heavy atom. The van der Waals surface area contributed by atoms with Crippen molar-refractivity contribution in [3.8, 4) is 5.75 Å². The van der Waals surface area contributed by atoms with Gasteiger partial charge < -0.3 is 10.1 Å². The van der Waals surface area contributed by atoms with Crippen molar-refractivity contribution in [2.45, 2.75) is 38.7 Å². The number of halogens is 2. The van der Waals surface area contributed by atoms with Gasteiger partial charge in [-0.3, -0.25) is 0 Å². The van der Waals surface area contributed by atoms with E-state index in [0.29, 0.717) is 11.4 Å². The molecule has 0 amide bonds. The van der Waals surface area contributed by atoms with Gasteiger partial charge in [-0.1, -0.05) is 19.1 Å². The molecular weight excluding hydrogens is 274 g/mol. The van der Waals surface area contributed by atoms with Crippen LogP contribution in [0.2, 0.25) is 0 Å². The average Bonchev–Trinajstić information content (AvgIpc) is 3.29. The fourth-order valence-corrected chi connectivity index (χ4v) is 2.43. The number of para-hydroxylation sites is 1. The lowest BCUT2D eigenvalue weighted by atomic mass is 10.1. The number of anilines is 1. The molecule has 112 valence electrons. The molecule has 1 aliphatic carbocycles. The first kappa shape index (κ1) is 14.0. The Morgan fingerprint density at radius 1 is 1.38 bits per heavy atom. The van der Waals surface area contributed by atoms with Crippen molar-refractivity contribution in [1.29, 1.82) is 0 Å². The van der Waals surface area contributed by atoms with E-state index in [1.165, 1.54) is 0 Å². The number of fused-ring (bicyclic) bond motifs is 1. The Labute approximate surface area is 122 Å². The number of hydrogen-bond acceptors (Lipinski definition) is 3. The molecule has 3 rings (SSSR count). The molecule has 1 N–H and O–H groups in total. The second-order valence-electron chi connectivity index (χ2n) is 5.33. The Kier molecular flexibility index (Phi) is 3.90. The predicted molar refractivity (Wildman–Crippen MR) is 79.1 cm³/mol. The minimum atomic E-state index is -2.84. The molecule has 0 saturated heterocycles. The first-order valence-corrected chi connectivity index (χ1v) is 7.31. The van der Waals surface area contributed by atoms with Gasteiger partial charge in [0.15, 0.2) is 5.75 Å². The zero-order valence-electron chi connectivity index (χ0n) is 11.9. The summed E-state index contributed by atoms with van der Waals surface area (Å²) in [5, 5.41) is 4.18. The van der Waals surface area contributed by atoms with Crippen molar-refractivity contribution in [1.82, 2.24) is 4.98 Å². The Bertz CT molecular complexity index is 641. The number of benzene rings is 1. The third-order valence-electron chi connectivity index (χ3n) is 3.60. The third kappa shape index (κ3) is 3.06. The first-order valence-electron chi connectivity index (χ1n) is 7.31.